The number of oxazole rings is 2. The number of piperidine rings is 2. The molecular formula is C45H40F2N12O2. The monoisotopic (exact) mass is 818 g/mol. The van der Waals surface area contributed by atoms with Gasteiger partial charge in [-0.05, 0) is 132 Å². The summed E-state index contributed by atoms with van der Waals surface area (Å²) in [7, 11) is 2.16. The van der Waals surface area contributed by atoms with E-state index in [4.69, 9.17) is 8.83 Å². The molecule has 61 heavy (non-hydrogen) atoms. The lowest BCUT2D eigenvalue weighted by Gasteiger charge is -2.27. The second kappa shape index (κ2) is 15.2. The summed E-state index contributed by atoms with van der Waals surface area (Å²) in [5.74, 6) is 3.19. The molecule has 2 fully saturated rings. The molecule has 0 atom stereocenters. The third-order valence-electron chi connectivity index (χ3n) is 12.0. The topological polar surface area (TPSA) is 137 Å². The van der Waals surface area contributed by atoms with Crippen LogP contribution in [0.2, 0.25) is 0 Å². The van der Waals surface area contributed by atoms with E-state index in [1.807, 2.05) is 45.5 Å². The Morgan fingerprint density at radius 1 is 0.541 bits per heavy atom. The van der Waals surface area contributed by atoms with E-state index < -0.39 is 0 Å². The molecule has 10 heterocycles. The van der Waals surface area contributed by atoms with Gasteiger partial charge in [-0.2, -0.15) is 9.97 Å². The molecule has 2 aliphatic heterocycles. The van der Waals surface area contributed by atoms with Crippen LogP contribution in [0.3, 0.4) is 0 Å². The summed E-state index contributed by atoms with van der Waals surface area (Å²) >= 11 is 0. The third kappa shape index (κ3) is 6.73. The number of fused-ring (bicyclic) bond motifs is 4. The van der Waals surface area contributed by atoms with Gasteiger partial charge in [0.2, 0.25) is 0 Å². The summed E-state index contributed by atoms with van der Waals surface area (Å²) in [5, 5.41) is 21.2. The zero-order valence-corrected chi connectivity index (χ0v) is 33.2. The molecule has 2 aliphatic rings. The van der Waals surface area contributed by atoms with Gasteiger partial charge in [-0.15, -0.1) is 20.4 Å². The average molecular weight is 819 g/mol. The first-order valence-corrected chi connectivity index (χ1v) is 20.5. The smallest absolute Gasteiger partial charge is 0.306 e. The molecule has 8 aromatic heterocycles. The number of pyridine rings is 2. The lowest BCUT2D eigenvalue weighted by atomic mass is 9.96. The molecule has 0 bridgehead atoms. The predicted octanol–water partition coefficient (Wildman–Crippen LogP) is 8.16. The van der Waals surface area contributed by atoms with Crippen LogP contribution in [-0.2, 0) is 0 Å². The first-order valence-electron chi connectivity index (χ1n) is 20.5. The highest BCUT2D eigenvalue weighted by atomic mass is 19.1. The first kappa shape index (κ1) is 37.0. The van der Waals surface area contributed by atoms with Gasteiger partial charge in [0.1, 0.15) is 47.2 Å². The SMILES string of the molecule is CN1CCC(c2nnc3ccc(-c4c(-c5ccc(F)cc5)nc5occn45)cn23)CC1.Fc1ccc(-c2nc3occn3c2-c2ccc3nnc(C4CCNCC4)n3c2)cc1. The number of nitrogens with zero attached hydrogens (tertiary/aromatic N) is 11. The zero-order valence-electron chi connectivity index (χ0n) is 33.2. The molecule has 0 spiro atoms. The number of benzene rings is 2. The molecule has 16 heteroatoms. The lowest BCUT2D eigenvalue weighted by molar-refractivity contribution is 0.250. The van der Waals surface area contributed by atoms with Gasteiger partial charge in [0.15, 0.2) is 11.3 Å². The molecule has 306 valence electrons. The van der Waals surface area contributed by atoms with Crippen molar-refractivity contribution in [3.05, 3.63) is 133 Å². The Hall–Kier alpha value is -7.04. The fourth-order valence-electron chi connectivity index (χ4n) is 8.74. The van der Waals surface area contributed by atoms with E-state index in [1.54, 1.807) is 36.8 Å². The van der Waals surface area contributed by atoms with Crippen molar-refractivity contribution >= 4 is 23.0 Å². The van der Waals surface area contributed by atoms with Gasteiger partial charge in [0.25, 0.3) is 0 Å². The summed E-state index contributed by atoms with van der Waals surface area (Å²) < 4.78 is 46.0. The summed E-state index contributed by atoms with van der Waals surface area (Å²) in [6.45, 7) is 4.11. The van der Waals surface area contributed by atoms with Crippen LogP contribution in [0.25, 0.3) is 68.0 Å². The van der Waals surface area contributed by atoms with E-state index in [1.165, 1.54) is 24.3 Å². The summed E-state index contributed by atoms with van der Waals surface area (Å²) in [4.78, 5) is 11.7. The minimum atomic E-state index is -0.277. The maximum Gasteiger partial charge on any atom is 0.306 e. The van der Waals surface area contributed by atoms with E-state index in [-0.39, 0.29) is 11.6 Å². The zero-order chi connectivity index (χ0) is 41.0. The van der Waals surface area contributed by atoms with Crippen LogP contribution < -0.4 is 5.32 Å². The van der Waals surface area contributed by atoms with Crippen molar-refractivity contribution in [2.24, 2.45) is 0 Å². The van der Waals surface area contributed by atoms with Crippen LogP contribution in [0.1, 0.15) is 49.2 Å². The van der Waals surface area contributed by atoms with Crippen molar-refractivity contribution in [2.75, 3.05) is 33.2 Å². The highest BCUT2D eigenvalue weighted by Crippen LogP contribution is 2.36. The summed E-state index contributed by atoms with van der Waals surface area (Å²) in [5.41, 5.74) is 8.50. The highest BCUT2D eigenvalue weighted by molar-refractivity contribution is 5.82. The number of hydrogen-bond donors (Lipinski definition) is 1. The number of halogens is 2. The lowest BCUT2D eigenvalue weighted by Crippen LogP contribution is -2.29. The largest absolute Gasteiger partial charge is 0.432 e. The molecule has 0 radical (unpaired) electrons. The van der Waals surface area contributed by atoms with Crippen LogP contribution in [0, 0.1) is 11.6 Å². The minimum absolute atomic E-state index is 0.276. The van der Waals surface area contributed by atoms with Gasteiger partial charge in [0, 0.05) is 58.9 Å². The molecule has 2 aromatic carbocycles. The van der Waals surface area contributed by atoms with Gasteiger partial charge in [-0.3, -0.25) is 17.6 Å². The maximum atomic E-state index is 13.5. The Morgan fingerprint density at radius 3 is 1.46 bits per heavy atom. The minimum Gasteiger partial charge on any atom is -0.432 e. The number of imidazole rings is 2. The van der Waals surface area contributed by atoms with Crippen LogP contribution in [-0.4, -0.2) is 86.1 Å². The number of nitrogens with one attached hydrogen (secondary N) is 1. The first-order chi connectivity index (χ1) is 29.9. The van der Waals surface area contributed by atoms with Crippen LogP contribution in [0.15, 0.2) is 119 Å². The molecule has 14 nitrogen and oxygen atoms in total. The maximum absolute atomic E-state index is 13.5. The second-order valence-corrected chi connectivity index (χ2v) is 15.8. The average Bonchev–Trinajstić information content (AvgIpc) is 4.15. The Labute approximate surface area is 347 Å². The fraction of sp³-hybridized carbons (Fsp3) is 0.244. The molecular weight excluding hydrogens is 779 g/mol. The summed E-state index contributed by atoms with van der Waals surface area (Å²) in [6.07, 6.45) is 15.3. The van der Waals surface area contributed by atoms with Gasteiger partial charge in [0.05, 0.1) is 11.4 Å². The van der Waals surface area contributed by atoms with Crippen molar-refractivity contribution < 1.29 is 17.6 Å². The Balaban J connectivity index is 0.000000138. The highest BCUT2D eigenvalue weighted by Gasteiger charge is 2.26. The van der Waals surface area contributed by atoms with E-state index >= 15 is 0 Å². The van der Waals surface area contributed by atoms with Gasteiger partial charge in [-0.25, -0.2) is 8.78 Å². The molecule has 0 aliphatic carbocycles. The van der Waals surface area contributed by atoms with Crippen molar-refractivity contribution in [1.82, 2.24) is 58.2 Å². The fourth-order valence-corrected chi connectivity index (χ4v) is 8.74. The number of likely N-dealkylation sites (tertiary alicyclic amines) is 1. The standard InChI is InChI=1S/C23H21FN6O.C22H19FN6O/c1-28-10-8-16(9-11-28)22-27-26-19-7-4-17(14-30(19)22)21-20(15-2-5-18(24)6-3-15)25-23-29(21)12-13-31-23;23-17-4-1-14(2-5-17)19-20(28-11-12-30-22(28)25-19)16-3-6-18-26-27-21(29(18)13-16)15-7-9-24-10-8-15/h2-7,12-14,16H,8-11H2,1H3;1-6,11-13,15,24H,7-10H2. The number of rotatable bonds is 6. The summed E-state index contributed by atoms with van der Waals surface area (Å²) in [6, 6.07) is 20.7. The molecule has 10 aromatic rings. The third-order valence-corrected chi connectivity index (χ3v) is 12.0. The molecule has 2 saturated heterocycles. The predicted molar refractivity (Wildman–Crippen MR) is 224 cm³/mol. The van der Waals surface area contributed by atoms with E-state index in [0.29, 0.717) is 23.5 Å². The quantitative estimate of drug-likeness (QED) is 0.175. The van der Waals surface area contributed by atoms with Crippen molar-refractivity contribution in [1.29, 1.82) is 0 Å². The Morgan fingerprint density at radius 2 is 0.984 bits per heavy atom. The molecule has 1 N–H and O–H groups in total. The van der Waals surface area contributed by atoms with Gasteiger partial charge in [-0.1, -0.05) is 0 Å². The van der Waals surface area contributed by atoms with E-state index in [2.05, 4.69) is 68.8 Å². The van der Waals surface area contributed by atoms with Crippen LogP contribution >= 0.6 is 0 Å². The molecule has 0 unspecified atom stereocenters. The van der Waals surface area contributed by atoms with Crippen molar-refractivity contribution in [3.8, 4) is 45.0 Å². The Bertz CT molecular complexity index is 3140. The number of aromatic nitrogens is 10. The second-order valence-electron chi connectivity index (χ2n) is 15.8. The van der Waals surface area contributed by atoms with E-state index in [9.17, 15) is 8.78 Å². The van der Waals surface area contributed by atoms with E-state index in [0.717, 1.165) is 120 Å². The molecule has 0 amide bonds. The van der Waals surface area contributed by atoms with Crippen LogP contribution in [0.4, 0.5) is 8.78 Å². The van der Waals surface area contributed by atoms with Crippen molar-refractivity contribution in [2.45, 2.75) is 37.5 Å². The molecule has 12 rings (SSSR count). The molecule has 0 saturated carbocycles. The van der Waals surface area contributed by atoms with Crippen molar-refractivity contribution in [3.63, 3.8) is 0 Å². The van der Waals surface area contributed by atoms with Gasteiger partial charge < -0.3 is 19.1 Å². The Kier molecular flexibility index (Phi) is 9.22. The van der Waals surface area contributed by atoms with Gasteiger partial charge >= 0.3 is 11.7 Å². The normalized spacial score (nSPS) is 15.7. The van der Waals surface area contributed by atoms with Crippen LogP contribution in [0.5, 0.6) is 0 Å². The number of hydrogen-bond acceptors (Lipinski definition) is 10.